The quantitative estimate of drug-likeness (QED) is 0.741. The zero-order valence-corrected chi connectivity index (χ0v) is 12.6. The molecule has 1 heterocycles. The third kappa shape index (κ3) is 4.96. The summed E-state index contributed by atoms with van der Waals surface area (Å²) in [5.74, 6) is 2.09. The van der Waals surface area contributed by atoms with Crippen molar-refractivity contribution in [1.82, 2.24) is 10.6 Å². The highest BCUT2D eigenvalue weighted by atomic mass is 32.1. The molecular formula is C16H15N3O2S. The number of amides is 3. The molecule has 22 heavy (non-hydrogen) atoms. The lowest BCUT2D eigenvalue weighted by Crippen LogP contribution is -2.41. The van der Waals surface area contributed by atoms with E-state index >= 15 is 0 Å². The Morgan fingerprint density at radius 2 is 2.09 bits per heavy atom. The van der Waals surface area contributed by atoms with Crippen LogP contribution in [-0.2, 0) is 11.3 Å². The number of carbonyl (C=O) groups excluding carboxylic acids is 2. The van der Waals surface area contributed by atoms with Crippen molar-refractivity contribution in [3.63, 3.8) is 0 Å². The summed E-state index contributed by atoms with van der Waals surface area (Å²) >= 11 is 1.54. The minimum Gasteiger partial charge on any atom is -0.376 e. The molecule has 0 fully saturated rings. The van der Waals surface area contributed by atoms with E-state index in [1.165, 1.54) is 11.3 Å². The fourth-order valence-corrected chi connectivity index (χ4v) is 2.34. The zero-order chi connectivity index (χ0) is 15.8. The molecule has 3 amide bonds. The molecule has 0 bridgehead atoms. The molecule has 0 saturated heterocycles. The molecule has 0 atom stereocenters. The van der Waals surface area contributed by atoms with Gasteiger partial charge in [0.2, 0.25) is 5.91 Å². The van der Waals surface area contributed by atoms with Crippen LogP contribution in [0.2, 0.25) is 0 Å². The smallest absolute Gasteiger partial charge is 0.321 e. The Hall–Kier alpha value is -2.78. The van der Waals surface area contributed by atoms with E-state index in [1.54, 1.807) is 24.3 Å². The van der Waals surface area contributed by atoms with Crippen LogP contribution in [0.1, 0.15) is 10.4 Å². The number of terminal acetylenes is 1. The lowest BCUT2D eigenvalue weighted by atomic mass is 10.2. The molecule has 0 saturated carbocycles. The number of nitrogens with one attached hydrogen (secondary N) is 3. The molecule has 1 aromatic carbocycles. The first-order valence-corrected chi connectivity index (χ1v) is 7.46. The number of thiophene rings is 1. The number of benzene rings is 1. The molecule has 0 aliphatic carbocycles. The molecule has 3 N–H and O–H groups in total. The van der Waals surface area contributed by atoms with Gasteiger partial charge < -0.3 is 10.6 Å². The highest BCUT2D eigenvalue weighted by molar-refractivity contribution is 7.09. The van der Waals surface area contributed by atoms with Crippen molar-refractivity contribution in [3.05, 3.63) is 52.2 Å². The van der Waals surface area contributed by atoms with Crippen LogP contribution in [0.15, 0.2) is 41.8 Å². The fraction of sp³-hybridized carbons (Fsp3) is 0.125. The van der Waals surface area contributed by atoms with Gasteiger partial charge in [0, 0.05) is 16.1 Å². The van der Waals surface area contributed by atoms with E-state index in [9.17, 15) is 9.59 Å². The second-order valence-corrected chi connectivity index (χ2v) is 5.42. The van der Waals surface area contributed by atoms with Crippen molar-refractivity contribution in [2.45, 2.75) is 6.54 Å². The number of urea groups is 1. The van der Waals surface area contributed by atoms with Crippen molar-refractivity contribution >= 4 is 29.0 Å². The van der Waals surface area contributed by atoms with Gasteiger partial charge in [-0.3, -0.25) is 10.1 Å². The van der Waals surface area contributed by atoms with Crippen LogP contribution >= 0.6 is 11.3 Å². The van der Waals surface area contributed by atoms with E-state index in [2.05, 4.69) is 21.9 Å². The monoisotopic (exact) mass is 313 g/mol. The maximum Gasteiger partial charge on any atom is 0.321 e. The normalized spacial score (nSPS) is 9.59. The Bertz CT molecular complexity index is 690. The molecule has 5 nitrogen and oxygen atoms in total. The second kappa shape index (κ2) is 7.86. The third-order valence-electron chi connectivity index (χ3n) is 2.74. The largest absolute Gasteiger partial charge is 0.376 e. The van der Waals surface area contributed by atoms with Gasteiger partial charge in [-0.25, -0.2) is 4.79 Å². The van der Waals surface area contributed by atoms with Crippen LogP contribution < -0.4 is 16.0 Å². The van der Waals surface area contributed by atoms with E-state index < -0.39 is 11.9 Å². The van der Waals surface area contributed by atoms with Gasteiger partial charge in [-0.15, -0.1) is 17.8 Å². The molecule has 6 heteroatoms. The maximum atomic E-state index is 11.7. The Kier molecular flexibility index (Phi) is 5.57. The van der Waals surface area contributed by atoms with Crippen LogP contribution in [0, 0.1) is 12.3 Å². The Morgan fingerprint density at radius 1 is 1.23 bits per heavy atom. The highest BCUT2D eigenvalue weighted by Crippen LogP contribution is 2.09. The predicted molar refractivity (Wildman–Crippen MR) is 87.6 cm³/mol. The zero-order valence-electron chi connectivity index (χ0n) is 11.8. The summed E-state index contributed by atoms with van der Waals surface area (Å²) in [4.78, 5) is 24.3. The molecule has 2 aromatic rings. The Labute approximate surface area is 132 Å². The van der Waals surface area contributed by atoms with Gasteiger partial charge in [-0.2, -0.15) is 0 Å². The van der Waals surface area contributed by atoms with Gasteiger partial charge in [0.05, 0.1) is 13.1 Å². The minimum atomic E-state index is -0.516. The van der Waals surface area contributed by atoms with E-state index in [1.807, 2.05) is 17.5 Å². The molecule has 112 valence electrons. The van der Waals surface area contributed by atoms with E-state index in [4.69, 9.17) is 6.42 Å². The van der Waals surface area contributed by atoms with Gasteiger partial charge in [0.1, 0.15) is 0 Å². The second-order valence-electron chi connectivity index (χ2n) is 4.39. The summed E-state index contributed by atoms with van der Waals surface area (Å²) in [5, 5.41) is 9.71. The Balaban J connectivity index is 1.73. The van der Waals surface area contributed by atoms with E-state index in [-0.39, 0.29) is 6.54 Å². The summed E-state index contributed by atoms with van der Waals surface area (Å²) in [6.07, 6.45) is 5.30. The SMILES string of the molecule is C#Cc1cccc(NCC(=O)NC(=O)NCc2cccs2)c1. The molecule has 1 aromatic heterocycles. The summed E-state index contributed by atoms with van der Waals surface area (Å²) < 4.78 is 0. The molecule has 0 aliphatic rings. The summed E-state index contributed by atoms with van der Waals surface area (Å²) in [7, 11) is 0. The van der Waals surface area contributed by atoms with Crippen molar-refractivity contribution in [2.75, 3.05) is 11.9 Å². The van der Waals surface area contributed by atoms with Crippen LogP contribution in [-0.4, -0.2) is 18.5 Å². The minimum absolute atomic E-state index is 0.0134. The van der Waals surface area contributed by atoms with E-state index in [0.29, 0.717) is 6.54 Å². The lowest BCUT2D eigenvalue weighted by molar-refractivity contribution is -0.118. The molecule has 0 aliphatic heterocycles. The number of hydrogen-bond donors (Lipinski definition) is 3. The van der Waals surface area contributed by atoms with Crippen LogP contribution in [0.5, 0.6) is 0 Å². The average Bonchev–Trinajstić information content (AvgIpc) is 3.04. The van der Waals surface area contributed by atoms with Crippen LogP contribution in [0.4, 0.5) is 10.5 Å². The number of rotatable bonds is 5. The number of hydrogen-bond acceptors (Lipinski definition) is 4. The number of anilines is 1. The molecule has 0 radical (unpaired) electrons. The summed E-state index contributed by atoms with van der Waals surface area (Å²) in [5.41, 5.74) is 1.45. The van der Waals surface area contributed by atoms with Crippen molar-refractivity contribution in [1.29, 1.82) is 0 Å². The van der Waals surface area contributed by atoms with Crippen molar-refractivity contribution in [3.8, 4) is 12.3 Å². The highest BCUT2D eigenvalue weighted by Gasteiger charge is 2.07. The van der Waals surface area contributed by atoms with Crippen molar-refractivity contribution < 1.29 is 9.59 Å². The maximum absolute atomic E-state index is 11.7. The van der Waals surface area contributed by atoms with E-state index in [0.717, 1.165) is 16.1 Å². The van der Waals surface area contributed by atoms with Crippen molar-refractivity contribution in [2.24, 2.45) is 0 Å². The predicted octanol–water partition coefficient (Wildman–Crippen LogP) is 2.17. The van der Waals surface area contributed by atoms with Gasteiger partial charge in [-0.05, 0) is 29.6 Å². The van der Waals surface area contributed by atoms with Gasteiger partial charge in [-0.1, -0.05) is 18.1 Å². The topological polar surface area (TPSA) is 70.2 Å². The standard InChI is InChI=1S/C16H15N3O2S/c1-2-12-5-3-6-13(9-12)17-11-15(20)19-16(21)18-10-14-7-4-8-22-14/h1,3-9,17H,10-11H2,(H2,18,19,20,21). The molecule has 2 rings (SSSR count). The Morgan fingerprint density at radius 3 is 2.82 bits per heavy atom. The van der Waals surface area contributed by atoms with Crippen LogP contribution in [0.25, 0.3) is 0 Å². The van der Waals surface area contributed by atoms with Crippen LogP contribution in [0.3, 0.4) is 0 Å². The first-order chi connectivity index (χ1) is 10.7. The number of carbonyl (C=O) groups is 2. The summed E-state index contributed by atoms with van der Waals surface area (Å²) in [6, 6.07) is 10.4. The van der Waals surface area contributed by atoms with Gasteiger partial charge >= 0.3 is 6.03 Å². The first-order valence-electron chi connectivity index (χ1n) is 6.58. The third-order valence-corrected chi connectivity index (χ3v) is 3.61. The molecular weight excluding hydrogens is 298 g/mol. The molecule has 0 unspecified atom stereocenters. The van der Waals surface area contributed by atoms with Gasteiger partial charge in [0.15, 0.2) is 0 Å². The first kappa shape index (κ1) is 15.6. The molecule has 0 spiro atoms. The fourth-order valence-electron chi connectivity index (χ4n) is 1.70. The lowest BCUT2D eigenvalue weighted by Gasteiger charge is -2.08. The summed E-state index contributed by atoms with van der Waals surface area (Å²) in [6.45, 7) is 0.384. The average molecular weight is 313 g/mol. The number of imide groups is 1. The van der Waals surface area contributed by atoms with Gasteiger partial charge in [0.25, 0.3) is 0 Å².